The van der Waals surface area contributed by atoms with Crippen LogP contribution in [0.5, 0.6) is 5.75 Å². The molecule has 1 unspecified atom stereocenters. The maximum absolute atomic E-state index is 11.0. The van der Waals surface area contributed by atoms with Crippen molar-refractivity contribution in [2.24, 2.45) is 0 Å². The second-order valence-electron chi connectivity index (χ2n) is 4.82. The zero-order chi connectivity index (χ0) is 14.0. The molecule has 2 rings (SSSR count). The lowest BCUT2D eigenvalue weighted by Gasteiger charge is -2.17. The van der Waals surface area contributed by atoms with Crippen LogP contribution in [0.2, 0.25) is 10.0 Å². The first kappa shape index (κ1) is 14.4. The topological polar surface area (TPSA) is 52.6 Å². The number of likely N-dealkylation sites (tertiary alicyclic amines) is 1. The first-order chi connectivity index (χ1) is 8.95. The summed E-state index contributed by atoms with van der Waals surface area (Å²) in [6.45, 7) is 3.73. The van der Waals surface area contributed by atoms with E-state index in [1.54, 1.807) is 6.07 Å². The lowest BCUT2D eigenvalue weighted by atomic mass is 10.2. The molecule has 6 heteroatoms. The number of nitrogens with zero attached hydrogens (tertiary/aromatic N) is 1. The van der Waals surface area contributed by atoms with Gasteiger partial charge in [-0.2, -0.15) is 0 Å². The molecule has 0 radical (unpaired) electrons. The van der Waals surface area contributed by atoms with Crippen LogP contribution in [0.15, 0.2) is 12.1 Å². The molecule has 0 spiro atoms. The molecule has 0 bridgehead atoms. The van der Waals surface area contributed by atoms with E-state index in [-0.39, 0.29) is 22.7 Å². The lowest BCUT2D eigenvalue weighted by molar-refractivity contribution is -0.119. The molecule has 0 aromatic heterocycles. The highest BCUT2D eigenvalue weighted by molar-refractivity contribution is 6.35. The second kappa shape index (κ2) is 5.99. The van der Waals surface area contributed by atoms with Gasteiger partial charge in [0.1, 0.15) is 5.75 Å². The molecule has 4 nitrogen and oxygen atoms in total. The summed E-state index contributed by atoms with van der Waals surface area (Å²) in [7, 11) is 0. The van der Waals surface area contributed by atoms with Crippen LogP contribution in [0.1, 0.15) is 18.9 Å². The van der Waals surface area contributed by atoms with Crippen LogP contribution in [0.25, 0.3) is 0 Å². The van der Waals surface area contributed by atoms with E-state index in [0.717, 1.165) is 19.5 Å². The van der Waals surface area contributed by atoms with Gasteiger partial charge in [-0.15, -0.1) is 0 Å². The van der Waals surface area contributed by atoms with Crippen LogP contribution in [-0.4, -0.2) is 35.0 Å². The van der Waals surface area contributed by atoms with Crippen molar-refractivity contribution >= 4 is 29.1 Å². The third-order valence-electron chi connectivity index (χ3n) is 3.18. The molecular formula is C13H16Cl2N2O2. The first-order valence-electron chi connectivity index (χ1n) is 6.12. The van der Waals surface area contributed by atoms with E-state index in [4.69, 9.17) is 23.2 Å². The van der Waals surface area contributed by atoms with Gasteiger partial charge in [-0.25, -0.2) is 0 Å². The highest BCUT2D eigenvalue weighted by atomic mass is 35.5. The number of nitrogens with one attached hydrogen (secondary N) is 1. The Morgan fingerprint density at radius 1 is 1.53 bits per heavy atom. The summed E-state index contributed by atoms with van der Waals surface area (Å²) >= 11 is 11.8. The normalized spacial score (nSPS) is 19.6. The van der Waals surface area contributed by atoms with Crippen molar-refractivity contribution in [3.63, 3.8) is 0 Å². The lowest BCUT2D eigenvalue weighted by Crippen LogP contribution is -2.35. The van der Waals surface area contributed by atoms with Crippen LogP contribution < -0.4 is 5.32 Å². The number of hydrogen-bond acceptors (Lipinski definition) is 3. The van der Waals surface area contributed by atoms with E-state index in [9.17, 15) is 9.90 Å². The van der Waals surface area contributed by atoms with Crippen molar-refractivity contribution < 1.29 is 9.90 Å². The fourth-order valence-corrected chi connectivity index (χ4v) is 2.90. The molecule has 1 fully saturated rings. The van der Waals surface area contributed by atoms with Gasteiger partial charge in [-0.1, -0.05) is 23.2 Å². The average Bonchev–Trinajstić information content (AvgIpc) is 2.71. The molecule has 1 aromatic carbocycles. The Hall–Kier alpha value is -0.970. The van der Waals surface area contributed by atoms with Crippen LogP contribution in [-0.2, 0) is 11.3 Å². The Bertz CT molecular complexity index is 494. The molecule has 0 saturated carbocycles. The standard InChI is InChI=1S/C13H16Cl2N2O2/c1-8(18)16-11-2-3-17(7-11)6-9-4-10(14)5-12(15)13(9)19/h4-5,11,19H,2-3,6-7H2,1H3,(H,16,18). The number of carbonyl (C=O) groups excluding carboxylic acids is 1. The van der Waals surface area contributed by atoms with E-state index >= 15 is 0 Å². The van der Waals surface area contributed by atoms with E-state index in [1.807, 2.05) is 0 Å². The molecule has 1 saturated heterocycles. The van der Waals surface area contributed by atoms with E-state index in [0.29, 0.717) is 17.1 Å². The summed E-state index contributed by atoms with van der Waals surface area (Å²) in [5.41, 5.74) is 0.709. The minimum Gasteiger partial charge on any atom is -0.506 e. The highest BCUT2D eigenvalue weighted by Crippen LogP contribution is 2.32. The summed E-state index contributed by atoms with van der Waals surface area (Å²) in [5.74, 6) is 0.0644. The fourth-order valence-electron chi connectivity index (χ4n) is 2.36. The van der Waals surface area contributed by atoms with Crippen LogP contribution in [0.3, 0.4) is 0 Å². The van der Waals surface area contributed by atoms with Gasteiger partial charge < -0.3 is 10.4 Å². The minimum atomic E-state index is -0.0134. The van der Waals surface area contributed by atoms with Gasteiger partial charge in [0.2, 0.25) is 5.91 Å². The number of benzene rings is 1. The van der Waals surface area contributed by atoms with Crippen molar-refractivity contribution in [3.05, 3.63) is 27.7 Å². The number of amides is 1. The highest BCUT2D eigenvalue weighted by Gasteiger charge is 2.24. The number of carbonyl (C=O) groups is 1. The summed E-state index contributed by atoms with van der Waals surface area (Å²) in [6, 6.07) is 3.41. The number of phenolic OH excluding ortho intramolecular Hbond substituents is 1. The third-order valence-corrected chi connectivity index (χ3v) is 3.69. The van der Waals surface area contributed by atoms with Gasteiger partial charge in [0.05, 0.1) is 5.02 Å². The monoisotopic (exact) mass is 302 g/mol. The van der Waals surface area contributed by atoms with Gasteiger partial charge in [-0.05, 0) is 18.6 Å². The van der Waals surface area contributed by atoms with Gasteiger partial charge >= 0.3 is 0 Å². The summed E-state index contributed by atoms with van der Waals surface area (Å²) in [6.07, 6.45) is 0.911. The Morgan fingerprint density at radius 2 is 2.26 bits per heavy atom. The van der Waals surface area contributed by atoms with Crippen molar-refractivity contribution in [2.45, 2.75) is 25.9 Å². The van der Waals surface area contributed by atoms with E-state index in [2.05, 4.69) is 10.2 Å². The second-order valence-corrected chi connectivity index (χ2v) is 5.66. The predicted molar refractivity (Wildman–Crippen MR) is 75.6 cm³/mol. The molecule has 1 atom stereocenters. The molecule has 1 aliphatic heterocycles. The molecule has 104 valence electrons. The Balaban J connectivity index is 2.01. The minimum absolute atomic E-state index is 0.0134. The van der Waals surface area contributed by atoms with Gasteiger partial charge in [0.25, 0.3) is 0 Å². The van der Waals surface area contributed by atoms with Crippen molar-refractivity contribution in [2.75, 3.05) is 13.1 Å². The maximum atomic E-state index is 11.0. The number of phenols is 1. The summed E-state index contributed by atoms with van der Waals surface area (Å²) in [4.78, 5) is 13.2. The Labute approximate surface area is 122 Å². The number of halogens is 2. The predicted octanol–water partition coefficient (Wildman–Crippen LogP) is 2.41. The first-order valence-corrected chi connectivity index (χ1v) is 6.87. The quantitative estimate of drug-likeness (QED) is 0.901. The van der Waals surface area contributed by atoms with Crippen LogP contribution in [0.4, 0.5) is 0 Å². The Kier molecular flexibility index (Phi) is 4.55. The number of rotatable bonds is 3. The van der Waals surface area contributed by atoms with Gasteiger partial charge in [0.15, 0.2) is 0 Å². The third kappa shape index (κ3) is 3.75. The van der Waals surface area contributed by atoms with Crippen molar-refractivity contribution in [1.29, 1.82) is 0 Å². The molecular weight excluding hydrogens is 287 g/mol. The molecule has 1 heterocycles. The van der Waals surface area contributed by atoms with Gasteiger partial charge in [-0.3, -0.25) is 9.69 Å². The smallest absolute Gasteiger partial charge is 0.217 e. The zero-order valence-corrected chi connectivity index (χ0v) is 12.1. The van der Waals surface area contributed by atoms with Crippen molar-refractivity contribution in [3.8, 4) is 5.75 Å². The fraction of sp³-hybridized carbons (Fsp3) is 0.462. The molecule has 1 aromatic rings. The molecule has 19 heavy (non-hydrogen) atoms. The molecule has 0 aliphatic carbocycles. The van der Waals surface area contributed by atoms with Crippen LogP contribution >= 0.6 is 23.2 Å². The van der Waals surface area contributed by atoms with Crippen molar-refractivity contribution in [1.82, 2.24) is 10.2 Å². The average molecular weight is 303 g/mol. The molecule has 1 amide bonds. The number of hydrogen-bond donors (Lipinski definition) is 2. The molecule has 2 N–H and O–H groups in total. The summed E-state index contributed by atoms with van der Waals surface area (Å²) < 4.78 is 0. The van der Waals surface area contributed by atoms with Crippen LogP contribution in [0, 0.1) is 0 Å². The van der Waals surface area contributed by atoms with Gasteiger partial charge in [0, 0.05) is 43.2 Å². The maximum Gasteiger partial charge on any atom is 0.217 e. The SMILES string of the molecule is CC(=O)NC1CCN(Cc2cc(Cl)cc(Cl)c2O)C1. The molecule has 1 aliphatic rings. The van der Waals surface area contributed by atoms with E-state index < -0.39 is 0 Å². The zero-order valence-electron chi connectivity index (χ0n) is 10.6. The summed E-state index contributed by atoms with van der Waals surface area (Å²) in [5, 5.41) is 13.6. The van der Waals surface area contributed by atoms with E-state index in [1.165, 1.54) is 13.0 Å². The largest absolute Gasteiger partial charge is 0.506 e. The Morgan fingerprint density at radius 3 is 2.95 bits per heavy atom. The number of aromatic hydroxyl groups is 1.